The summed E-state index contributed by atoms with van der Waals surface area (Å²) in [6, 6.07) is 14.1. The van der Waals surface area contributed by atoms with Gasteiger partial charge in [-0.1, -0.05) is 41.4 Å². The molecule has 0 saturated heterocycles. The van der Waals surface area contributed by atoms with Crippen molar-refractivity contribution in [2.24, 2.45) is 0 Å². The fourth-order valence-corrected chi connectivity index (χ4v) is 6.10. The molecule has 41 heavy (non-hydrogen) atoms. The lowest BCUT2D eigenvalue weighted by molar-refractivity contribution is -0.0000136. The van der Waals surface area contributed by atoms with Crippen molar-refractivity contribution < 1.29 is 25.6 Å². The number of urea groups is 1. The smallest absolute Gasteiger partial charge is 0.319 e. The summed E-state index contributed by atoms with van der Waals surface area (Å²) in [4.78, 5) is 21.1. The van der Waals surface area contributed by atoms with Gasteiger partial charge in [0, 0.05) is 35.9 Å². The Bertz CT molecular complexity index is 1660. The summed E-state index contributed by atoms with van der Waals surface area (Å²) >= 11 is 13.0. The fraction of sp³-hybridized carbons (Fsp3) is 0.179. The zero-order valence-electron chi connectivity index (χ0n) is 21.8. The minimum Gasteiger partial charge on any atom is -1.00 e. The number of halogens is 3. The van der Waals surface area contributed by atoms with E-state index in [9.17, 15) is 13.2 Å². The lowest BCUT2D eigenvalue weighted by Gasteiger charge is -2.19. The summed E-state index contributed by atoms with van der Waals surface area (Å²) in [6.07, 6.45) is 5.56. The molecule has 0 radical (unpaired) electrons. The Balaban J connectivity index is 0.00000387. The van der Waals surface area contributed by atoms with Crippen LogP contribution in [0.25, 0.3) is 11.3 Å². The molecule has 1 atom stereocenters. The molecule has 4 aromatic rings. The number of aromatic nitrogens is 2. The number of hydrogen-bond acceptors (Lipinski definition) is 6. The van der Waals surface area contributed by atoms with Gasteiger partial charge >= 0.3 is 6.03 Å². The third-order valence-electron chi connectivity index (χ3n) is 6.53. The average Bonchev–Trinajstić information content (AvgIpc) is 2.95. The molecule has 1 aromatic heterocycles. The van der Waals surface area contributed by atoms with Crippen LogP contribution in [0.3, 0.4) is 0 Å². The Labute approximate surface area is 254 Å². The van der Waals surface area contributed by atoms with Crippen LogP contribution in [0.2, 0.25) is 10.0 Å². The number of fused-ring (bicyclic) bond motifs is 1. The molecular weight excluding hydrogens is 607 g/mol. The molecule has 0 aliphatic carbocycles. The van der Waals surface area contributed by atoms with Crippen LogP contribution in [0.5, 0.6) is 0 Å². The lowest BCUT2D eigenvalue weighted by Crippen LogP contribution is -3.00. The van der Waals surface area contributed by atoms with Gasteiger partial charge in [-0.15, -0.1) is 0 Å². The van der Waals surface area contributed by atoms with Crippen LogP contribution in [-0.2, 0) is 23.0 Å². The van der Waals surface area contributed by atoms with Gasteiger partial charge in [-0.2, -0.15) is 0 Å². The van der Waals surface area contributed by atoms with Gasteiger partial charge in [-0.25, -0.2) is 13.2 Å². The third kappa shape index (κ3) is 7.09. The second-order valence-electron chi connectivity index (χ2n) is 9.28. The van der Waals surface area contributed by atoms with Crippen molar-refractivity contribution >= 4 is 50.6 Å². The highest BCUT2D eigenvalue weighted by Gasteiger charge is 2.19. The highest BCUT2D eigenvalue weighted by atomic mass is 35.5. The summed E-state index contributed by atoms with van der Waals surface area (Å²) in [5, 5.41) is 9.44. The van der Waals surface area contributed by atoms with E-state index in [-0.39, 0.29) is 17.3 Å². The van der Waals surface area contributed by atoms with E-state index in [4.69, 9.17) is 23.2 Å². The number of sulfonamides is 1. The van der Waals surface area contributed by atoms with E-state index < -0.39 is 22.1 Å². The first kappa shape index (κ1) is 30.5. The molecule has 5 rings (SSSR count). The van der Waals surface area contributed by atoms with Crippen molar-refractivity contribution in [1.82, 2.24) is 20.6 Å². The van der Waals surface area contributed by atoms with Crippen molar-refractivity contribution in [3.63, 3.8) is 0 Å². The molecular formula is C28H26Cl3N6O3S-. The number of nitrogens with one attached hydrogen (secondary N) is 4. The van der Waals surface area contributed by atoms with E-state index in [0.717, 1.165) is 25.1 Å². The predicted molar refractivity (Wildman–Crippen MR) is 157 cm³/mol. The summed E-state index contributed by atoms with van der Waals surface area (Å²) in [7, 11) is -3.80. The Hall–Kier alpha value is -3.41. The van der Waals surface area contributed by atoms with Gasteiger partial charge < -0.3 is 28.4 Å². The van der Waals surface area contributed by atoms with E-state index >= 15 is 0 Å². The van der Waals surface area contributed by atoms with Crippen LogP contribution in [0, 0.1) is 0 Å². The number of carbonyl (C=O) groups is 1. The van der Waals surface area contributed by atoms with E-state index in [2.05, 4.69) is 30.6 Å². The molecule has 13 heteroatoms. The number of nitrogens with zero attached hydrogens (tertiary/aromatic N) is 2. The van der Waals surface area contributed by atoms with E-state index in [1.807, 2.05) is 12.1 Å². The normalized spacial score (nSPS) is 13.3. The van der Waals surface area contributed by atoms with Crippen molar-refractivity contribution in [1.29, 1.82) is 0 Å². The monoisotopic (exact) mass is 631 g/mol. The number of hydrogen-bond donors (Lipinski definition) is 4. The molecule has 1 aliphatic heterocycles. The molecule has 214 valence electrons. The van der Waals surface area contributed by atoms with Gasteiger partial charge in [0.2, 0.25) is 0 Å². The summed E-state index contributed by atoms with van der Waals surface area (Å²) in [6.45, 7) is 3.42. The molecule has 1 aliphatic rings. The zero-order chi connectivity index (χ0) is 28.3. The molecule has 2 amide bonds. The van der Waals surface area contributed by atoms with Crippen LogP contribution in [0.4, 0.5) is 16.2 Å². The average molecular weight is 633 g/mol. The highest BCUT2D eigenvalue weighted by Crippen LogP contribution is 2.37. The number of amides is 2. The molecule has 3 aromatic carbocycles. The number of anilines is 2. The molecule has 0 unspecified atom stereocenters. The van der Waals surface area contributed by atoms with Crippen molar-refractivity contribution in [3.05, 3.63) is 99.9 Å². The minimum absolute atomic E-state index is 0. The highest BCUT2D eigenvalue weighted by molar-refractivity contribution is 7.92. The number of benzene rings is 3. The van der Waals surface area contributed by atoms with Gasteiger partial charge in [0.1, 0.15) is 0 Å². The van der Waals surface area contributed by atoms with Gasteiger partial charge in [-0.3, -0.25) is 14.7 Å². The second-order valence-corrected chi connectivity index (χ2v) is 11.7. The Morgan fingerprint density at radius 3 is 2.46 bits per heavy atom. The quantitative estimate of drug-likeness (QED) is 0.248. The topological polar surface area (TPSA) is 125 Å². The second kappa shape index (κ2) is 13.1. The molecule has 4 N–H and O–H groups in total. The third-order valence-corrected chi connectivity index (χ3v) is 8.83. The first-order valence-electron chi connectivity index (χ1n) is 12.5. The maximum Gasteiger partial charge on any atom is 0.319 e. The summed E-state index contributed by atoms with van der Waals surface area (Å²) in [5.41, 5.74) is 5.08. The van der Waals surface area contributed by atoms with E-state index in [1.165, 1.54) is 29.8 Å². The summed E-state index contributed by atoms with van der Waals surface area (Å²) < 4.78 is 28.5. The molecule has 2 heterocycles. The van der Waals surface area contributed by atoms with E-state index in [1.54, 1.807) is 43.7 Å². The van der Waals surface area contributed by atoms with Gasteiger partial charge in [0.05, 0.1) is 32.9 Å². The van der Waals surface area contributed by atoms with Crippen LogP contribution in [0.15, 0.2) is 78.1 Å². The first-order valence-corrected chi connectivity index (χ1v) is 14.7. The maximum absolute atomic E-state index is 12.9. The van der Waals surface area contributed by atoms with Crippen molar-refractivity contribution in [2.75, 3.05) is 16.6 Å². The van der Waals surface area contributed by atoms with Gasteiger partial charge in [-0.05, 0) is 73.0 Å². The largest absolute Gasteiger partial charge is 1.00 e. The standard InChI is InChI=1S/C28H26Cl2N6O3S.ClH/c1-17(23-8-9-24(27(30)26(23)29)25-16-32-12-13-33-25)34-28(37)35-20-4-6-22(7-5-20)40(38,39)36-21-3-2-19-15-31-11-10-18(19)14-21;/h2-9,12-14,16-17,31,36H,10-11,15H2,1H3,(H2,34,35,37);1H/p-1/t17-;/m0./s1. The minimum atomic E-state index is -3.80. The molecule has 0 bridgehead atoms. The van der Waals surface area contributed by atoms with Crippen LogP contribution >= 0.6 is 23.2 Å². The Kier molecular flexibility index (Phi) is 9.72. The molecule has 0 spiro atoms. The van der Waals surface area contributed by atoms with Crippen molar-refractivity contribution in [3.8, 4) is 11.3 Å². The molecule has 0 fully saturated rings. The SMILES string of the molecule is C[C@H](NC(=O)Nc1ccc(S(=O)(=O)Nc2ccc3c(c2)CCNC3)cc1)c1ccc(-c2cnccn2)c(Cl)c1Cl.[Cl-]. The van der Waals surface area contributed by atoms with Crippen LogP contribution in [-0.4, -0.2) is 31.0 Å². The Morgan fingerprint density at radius 2 is 1.73 bits per heavy atom. The van der Waals surface area contributed by atoms with Gasteiger partial charge in [0.15, 0.2) is 0 Å². The lowest BCUT2D eigenvalue weighted by atomic mass is 10.0. The number of rotatable bonds is 7. The predicted octanol–water partition coefficient (Wildman–Crippen LogP) is 2.78. The Morgan fingerprint density at radius 1 is 0.976 bits per heavy atom. The fourth-order valence-electron chi connectivity index (χ4n) is 4.45. The van der Waals surface area contributed by atoms with Crippen molar-refractivity contribution in [2.45, 2.75) is 30.8 Å². The zero-order valence-corrected chi connectivity index (χ0v) is 24.9. The van der Waals surface area contributed by atoms with Crippen LogP contribution < -0.4 is 33.1 Å². The maximum atomic E-state index is 12.9. The van der Waals surface area contributed by atoms with E-state index in [0.29, 0.717) is 38.2 Å². The number of carbonyl (C=O) groups excluding carboxylic acids is 1. The van der Waals surface area contributed by atoms with Gasteiger partial charge in [0.25, 0.3) is 10.0 Å². The molecule has 9 nitrogen and oxygen atoms in total. The molecule has 0 saturated carbocycles. The van der Waals surface area contributed by atoms with Crippen LogP contribution in [0.1, 0.15) is 29.7 Å². The first-order chi connectivity index (χ1) is 19.2. The summed E-state index contributed by atoms with van der Waals surface area (Å²) in [5.74, 6) is 0.